The number of ether oxygens (including phenoxy) is 2. The van der Waals surface area contributed by atoms with Gasteiger partial charge in [0.15, 0.2) is 0 Å². The fraction of sp³-hybridized carbons (Fsp3) is 0.913. The molecule has 0 radical (unpaired) electrons. The van der Waals surface area contributed by atoms with Crippen LogP contribution in [0, 0.1) is 16.7 Å². The first-order valence-electron chi connectivity index (χ1n) is 11.1. The molecule has 166 valence electrons. The predicted molar refractivity (Wildman–Crippen MR) is 108 cm³/mol. The van der Waals surface area contributed by atoms with Gasteiger partial charge in [0.05, 0.1) is 28.6 Å². The van der Waals surface area contributed by atoms with E-state index in [1.807, 2.05) is 34.6 Å². The van der Waals surface area contributed by atoms with Crippen molar-refractivity contribution in [2.75, 3.05) is 6.61 Å². The number of cyclic esters (lactones) is 1. The molecule has 0 aromatic carbocycles. The van der Waals surface area contributed by atoms with Crippen LogP contribution in [0.4, 0.5) is 0 Å². The van der Waals surface area contributed by atoms with Crippen molar-refractivity contribution in [1.29, 1.82) is 0 Å². The molecule has 5 fully saturated rings. The van der Waals surface area contributed by atoms with Crippen molar-refractivity contribution in [3.8, 4) is 0 Å². The maximum absolute atomic E-state index is 12.4. The quantitative estimate of drug-likeness (QED) is 0.689. The molecule has 3 atom stereocenters. The van der Waals surface area contributed by atoms with Gasteiger partial charge in [-0.15, -0.1) is 0 Å². The SMILES string of the molecule is CCC(C)(C)C(=O)OC12CC3CC(O)(CC(O)(C3)C1)C2.CCC1(C)CCOC1=O. The smallest absolute Gasteiger partial charge is 0.312 e. The van der Waals surface area contributed by atoms with E-state index in [2.05, 4.69) is 0 Å². The summed E-state index contributed by atoms with van der Waals surface area (Å²) < 4.78 is 10.7. The number of hydrogen-bond donors (Lipinski definition) is 2. The molecular formula is C23H38O6. The van der Waals surface area contributed by atoms with Crippen LogP contribution in [0.3, 0.4) is 0 Å². The van der Waals surface area contributed by atoms with Crippen LogP contribution in [0.2, 0.25) is 0 Å². The monoisotopic (exact) mass is 410 g/mol. The van der Waals surface area contributed by atoms with Crippen molar-refractivity contribution in [2.45, 2.75) is 109 Å². The molecule has 1 aliphatic heterocycles. The Morgan fingerprint density at radius 2 is 1.72 bits per heavy atom. The zero-order valence-electron chi connectivity index (χ0n) is 18.7. The Kier molecular flexibility index (Phi) is 5.62. The average molecular weight is 411 g/mol. The molecule has 4 saturated carbocycles. The van der Waals surface area contributed by atoms with Crippen molar-refractivity contribution in [2.24, 2.45) is 16.7 Å². The highest BCUT2D eigenvalue weighted by molar-refractivity contribution is 5.78. The lowest BCUT2D eigenvalue weighted by Gasteiger charge is -2.62. The first-order valence-corrected chi connectivity index (χ1v) is 11.1. The third-order valence-electron chi connectivity index (χ3n) is 7.86. The molecule has 0 spiro atoms. The molecule has 0 aromatic heterocycles. The van der Waals surface area contributed by atoms with Crippen LogP contribution in [0.15, 0.2) is 0 Å². The summed E-state index contributed by atoms with van der Waals surface area (Å²) in [5, 5.41) is 21.3. The lowest BCUT2D eigenvalue weighted by molar-refractivity contribution is -0.264. The second-order valence-electron chi connectivity index (χ2n) is 11.1. The molecular weight excluding hydrogens is 372 g/mol. The molecule has 2 N–H and O–H groups in total. The number of carbonyl (C=O) groups excluding carboxylic acids is 2. The van der Waals surface area contributed by atoms with Gasteiger partial charge >= 0.3 is 11.9 Å². The van der Waals surface area contributed by atoms with Crippen LogP contribution in [0.1, 0.15) is 92.4 Å². The van der Waals surface area contributed by atoms with Gasteiger partial charge in [-0.1, -0.05) is 13.8 Å². The molecule has 5 aliphatic rings. The normalized spacial score (nSPS) is 42.9. The Morgan fingerprint density at radius 1 is 1.14 bits per heavy atom. The van der Waals surface area contributed by atoms with E-state index in [9.17, 15) is 19.8 Å². The molecule has 1 heterocycles. The van der Waals surface area contributed by atoms with Crippen LogP contribution in [-0.4, -0.2) is 45.6 Å². The Balaban J connectivity index is 0.000000224. The van der Waals surface area contributed by atoms with E-state index in [4.69, 9.17) is 9.47 Å². The van der Waals surface area contributed by atoms with E-state index >= 15 is 0 Å². The summed E-state index contributed by atoms with van der Waals surface area (Å²) >= 11 is 0. The minimum absolute atomic E-state index is 0.0231. The average Bonchev–Trinajstić information content (AvgIpc) is 2.91. The van der Waals surface area contributed by atoms with Gasteiger partial charge in [0.2, 0.25) is 0 Å². The lowest BCUT2D eigenvalue weighted by Crippen LogP contribution is -2.67. The summed E-state index contributed by atoms with van der Waals surface area (Å²) in [5.41, 5.74) is -3.00. The highest BCUT2D eigenvalue weighted by Crippen LogP contribution is 2.60. The maximum atomic E-state index is 12.4. The topological polar surface area (TPSA) is 93.1 Å². The molecule has 1 saturated heterocycles. The number of rotatable bonds is 4. The minimum atomic E-state index is -0.842. The van der Waals surface area contributed by atoms with Crippen molar-refractivity contribution < 1.29 is 29.3 Å². The second-order valence-corrected chi connectivity index (χ2v) is 11.1. The second kappa shape index (κ2) is 7.23. The zero-order valence-corrected chi connectivity index (χ0v) is 18.7. The van der Waals surface area contributed by atoms with Crippen molar-refractivity contribution >= 4 is 11.9 Å². The largest absolute Gasteiger partial charge is 0.465 e. The van der Waals surface area contributed by atoms with Crippen molar-refractivity contribution in [3.63, 3.8) is 0 Å². The van der Waals surface area contributed by atoms with Crippen LogP contribution >= 0.6 is 0 Å². The van der Waals surface area contributed by atoms with E-state index in [0.29, 0.717) is 25.9 Å². The summed E-state index contributed by atoms with van der Waals surface area (Å²) in [6.45, 7) is 10.3. The van der Waals surface area contributed by atoms with Crippen LogP contribution in [0.25, 0.3) is 0 Å². The fourth-order valence-corrected chi connectivity index (χ4v) is 5.81. The van der Waals surface area contributed by atoms with E-state index in [1.165, 1.54) is 0 Å². The van der Waals surface area contributed by atoms with Gasteiger partial charge in [0.25, 0.3) is 0 Å². The van der Waals surface area contributed by atoms with Gasteiger partial charge in [0.1, 0.15) is 5.60 Å². The fourth-order valence-electron chi connectivity index (χ4n) is 5.81. The van der Waals surface area contributed by atoms with E-state index < -0.39 is 22.2 Å². The number of aliphatic hydroxyl groups is 2. The zero-order chi connectivity index (χ0) is 21.7. The lowest BCUT2D eigenvalue weighted by atomic mass is 9.50. The van der Waals surface area contributed by atoms with E-state index in [1.54, 1.807) is 0 Å². The van der Waals surface area contributed by atoms with Gasteiger partial charge in [0, 0.05) is 19.3 Å². The minimum Gasteiger partial charge on any atom is -0.465 e. The summed E-state index contributed by atoms with van der Waals surface area (Å²) in [4.78, 5) is 23.3. The molecule has 3 unspecified atom stereocenters. The van der Waals surface area contributed by atoms with Gasteiger partial charge in [-0.3, -0.25) is 9.59 Å². The highest BCUT2D eigenvalue weighted by Gasteiger charge is 2.64. The van der Waals surface area contributed by atoms with Crippen molar-refractivity contribution in [1.82, 2.24) is 0 Å². The Hall–Kier alpha value is -1.14. The highest BCUT2D eigenvalue weighted by atomic mass is 16.6. The van der Waals surface area contributed by atoms with Gasteiger partial charge in [-0.05, 0) is 65.2 Å². The summed E-state index contributed by atoms with van der Waals surface area (Å²) in [5.74, 6) is 0.0536. The third-order valence-corrected chi connectivity index (χ3v) is 7.86. The van der Waals surface area contributed by atoms with E-state index in [-0.39, 0.29) is 23.3 Å². The maximum Gasteiger partial charge on any atom is 0.312 e. The third kappa shape index (κ3) is 4.34. The van der Waals surface area contributed by atoms with Crippen molar-refractivity contribution in [3.05, 3.63) is 0 Å². The van der Waals surface area contributed by atoms with Crippen LogP contribution < -0.4 is 0 Å². The molecule has 0 aromatic rings. The Morgan fingerprint density at radius 3 is 2.10 bits per heavy atom. The molecule has 5 rings (SSSR count). The predicted octanol–water partition coefficient (Wildman–Crippen LogP) is 3.51. The molecule has 0 amide bonds. The summed E-state index contributed by atoms with van der Waals surface area (Å²) in [7, 11) is 0. The first kappa shape index (κ1) is 22.5. The summed E-state index contributed by atoms with van der Waals surface area (Å²) in [6, 6.07) is 0. The summed E-state index contributed by atoms with van der Waals surface area (Å²) in [6.07, 6.45) is 6.20. The number of esters is 2. The van der Waals surface area contributed by atoms with Crippen LogP contribution in [-0.2, 0) is 19.1 Å². The van der Waals surface area contributed by atoms with E-state index in [0.717, 1.165) is 38.5 Å². The molecule has 29 heavy (non-hydrogen) atoms. The number of hydrogen-bond acceptors (Lipinski definition) is 6. The van der Waals surface area contributed by atoms with Crippen LogP contribution in [0.5, 0.6) is 0 Å². The molecule has 4 bridgehead atoms. The molecule has 4 aliphatic carbocycles. The van der Waals surface area contributed by atoms with Gasteiger partial charge < -0.3 is 19.7 Å². The molecule has 6 heteroatoms. The Labute approximate surface area is 174 Å². The van der Waals surface area contributed by atoms with Gasteiger partial charge in [-0.25, -0.2) is 0 Å². The van der Waals surface area contributed by atoms with Gasteiger partial charge in [-0.2, -0.15) is 0 Å². The first-order chi connectivity index (χ1) is 13.3. The number of carbonyl (C=O) groups is 2. The molecule has 6 nitrogen and oxygen atoms in total. The standard InChI is InChI=1S/C16H26O4.C7H12O2/c1-4-13(2,3)12(17)20-16-7-11-5-14(18,9-16)8-15(19,6-11)10-16;1-3-7(2)4-5-9-6(7)8/h11,18-19H,4-10H2,1-3H3;3-5H2,1-2H3. The Bertz CT molecular complexity index is 652.